The number of nitrogens with zero attached hydrogens (tertiary/aromatic N) is 1. The first-order chi connectivity index (χ1) is 12.9. The third-order valence-electron chi connectivity index (χ3n) is 5.30. The second-order valence-electron chi connectivity index (χ2n) is 7.76. The molecule has 1 aromatic rings. The van der Waals surface area contributed by atoms with E-state index in [1.807, 2.05) is 11.0 Å². The first-order valence-electron chi connectivity index (χ1n) is 9.96. The quantitative estimate of drug-likeness (QED) is 0.643. The Morgan fingerprint density at radius 2 is 2.04 bits per heavy atom. The summed E-state index contributed by atoms with van der Waals surface area (Å²) in [5.74, 6) is 0.788. The minimum absolute atomic E-state index is 0.0523. The van der Waals surface area contributed by atoms with Gasteiger partial charge in [0.1, 0.15) is 0 Å². The van der Waals surface area contributed by atoms with Crippen molar-refractivity contribution < 1.29 is 9.59 Å². The number of carbonyl (C=O) groups excluding carboxylic acids is 2. The van der Waals surface area contributed by atoms with Crippen LogP contribution < -0.4 is 16.4 Å². The van der Waals surface area contributed by atoms with Crippen LogP contribution in [0.2, 0.25) is 0 Å². The van der Waals surface area contributed by atoms with Gasteiger partial charge in [-0.1, -0.05) is 44.2 Å². The van der Waals surface area contributed by atoms with Crippen LogP contribution >= 0.6 is 0 Å². The van der Waals surface area contributed by atoms with Gasteiger partial charge in [0.05, 0.1) is 6.04 Å². The fourth-order valence-electron chi connectivity index (χ4n) is 3.70. The maximum atomic E-state index is 13.1. The first-order valence-corrected chi connectivity index (χ1v) is 9.96. The largest absolute Gasteiger partial charge is 0.355 e. The fourth-order valence-corrected chi connectivity index (χ4v) is 3.70. The van der Waals surface area contributed by atoms with Gasteiger partial charge in [-0.3, -0.25) is 9.59 Å². The van der Waals surface area contributed by atoms with E-state index < -0.39 is 0 Å². The molecule has 0 aliphatic carbocycles. The van der Waals surface area contributed by atoms with Gasteiger partial charge in [-0.2, -0.15) is 0 Å². The Labute approximate surface area is 162 Å². The lowest BCUT2D eigenvalue weighted by molar-refractivity contribution is -0.133. The van der Waals surface area contributed by atoms with Crippen molar-refractivity contribution in [3.63, 3.8) is 0 Å². The lowest BCUT2D eigenvalue weighted by Gasteiger charge is -2.31. The van der Waals surface area contributed by atoms with Crippen LogP contribution in [0, 0.1) is 5.92 Å². The molecule has 150 valence electrons. The number of amides is 2. The number of hydrogen-bond acceptors (Lipinski definition) is 4. The number of benzene rings is 1. The number of carbonyl (C=O) groups is 2. The van der Waals surface area contributed by atoms with E-state index in [1.54, 1.807) is 0 Å². The zero-order chi connectivity index (χ0) is 19.8. The SMILES string of the molecule is CC(=O)NCC1CCN(CC(c2ccccc2)C(C)C)C(=O)C(CCN)N1. The molecule has 27 heavy (non-hydrogen) atoms. The van der Waals surface area contributed by atoms with E-state index in [2.05, 4.69) is 48.7 Å². The van der Waals surface area contributed by atoms with Crippen molar-refractivity contribution in [2.24, 2.45) is 11.7 Å². The summed E-state index contributed by atoms with van der Waals surface area (Å²) in [6.07, 6.45) is 1.41. The lowest BCUT2D eigenvalue weighted by Crippen LogP contribution is -2.49. The van der Waals surface area contributed by atoms with E-state index in [-0.39, 0.29) is 23.9 Å². The summed E-state index contributed by atoms with van der Waals surface area (Å²) in [6, 6.07) is 10.2. The summed E-state index contributed by atoms with van der Waals surface area (Å²) < 4.78 is 0. The average Bonchev–Trinajstić information content (AvgIpc) is 2.78. The molecule has 1 aliphatic rings. The maximum Gasteiger partial charge on any atom is 0.239 e. The third kappa shape index (κ3) is 6.33. The highest BCUT2D eigenvalue weighted by Gasteiger charge is 2.32. The molecule has 0 saturated carbocycles. The molecule has 1 saturated heterocycles. The van der Waals surface area contributed by atoms with Crippen molar-refractivity contribution in [3.8, 4) is 0 Å². The van der Waals surface area contributed by atoms with Gasteiger partial charge in [0, 0.05) is 38.5 Å². The van der Waals surface area contributed by atoms with E-state index in [0.717, 1.165) is 6.42 Å². The molecule has 0 spiro atoms. The summed E-state index contributed by atoms with van der Waals surface area (Å²) in [5.41, 5.74) is 7.01. The summed E-state index contributed by atoms with van der Waals surface area (Å²) in [5, 5.41) is 6.27. The van der Waals surface area contributed by atoms with E-state index in [0.29, 0.717) is 44.4 Å². The molecule has 0 radical (unpaired) electrons. The highest BCUT2D eigenvalue weighted by atomic mass is 16.2. The van der Waals surface area contributed by atoms with Crippen LogP contribution in [0.1, 0.15) is 45.1 Å². The molecule has 3 atom stereocenters. The van der Waals surface area contributed by atoms with Crippen molar-refractivity contribution >= 4 is 11.8 Å². The van der Waals surface area contributed by atoms with Gasteiger partial charge in [-0.25, -0.2) is 0 Å². The van der Waals surface area contributed by atoms with Crippen molar-refractivity contribution in [2.45, 2.75) is 51.6 Å². The van der Waals surface area contributed by atoms with Crippen LogP contribution in [0.4, 0.5) is 0 Å². The number of nitrogens with two attached hydrogens (primary N) is 1. The van der Waals surface area contributed by atoms with Gasteiger partial charge < -0.3 is 21.3 Å². The Kier molecular flexibility index (Phi) is 8.25. The van der Waals surface area contributed by atoms with Crippen LogP contribution in [0.5, 0.6) is 0 Å². The molecule has 6 heteroatoms. The van der Waals surface area contributed by atoms with Gasteiger partial charge in [-0.15, -0.1) is 0 Å². The number of rotatable bonds is 8. The molecule has 6 nitrogen and oxygen atoms in total. The highest BCUT2D eigenvalue weighted by Crippen LogP contribution is 2.26. The Balaban J connectivity index is 2.13. The minimum Gasteiger partial charge on any atom is -0.355 e. The number of nitrogens with one attached hydrogen (secondary N) is 2. The molecule has 1 heterocycles. The van der Waals surface area contributed by atoms with Crippen LogP contribution in [0.3, 0.4) is 0 Å². The molecule has 3 unspecified atom stereocenters. The Bertz CT molecular complexity index is 605. The maximum absolute atomic E-state index is 13.1. The molecular formula is C21H34N4O2. The first kappa shape index (κ1) is 21.4. The van der Waals surface area contributed by atoms with Gasteiger partial charge >= 0.3 is 0 Å². The van der Waals surface area contributed by atoms with Gasteiger partial charge in [0.15, 0.2) is 0 Å². The predicted molar refractivity (Wildman–Crippen MR) is 108 cm³/mol. The second kappa shape index (κ2) is 10.4. The molecule has 2 rings (SSSR count). The summed E-state index contributed by atoms with van der Waals surface area (Å²) >= 11 is 0. The molecule has 4 N–H and O–H groups in total. The molecule has 0 aromatic heterocycles. The summed E-state index contributed by atoms with van der Waals surface area (Å²) in [4.78, 5) is 26.4. The molecular weight excluding hydrogens is 340 g/mol. The zero-order valence-corrected chi connectivity index (χ0v) is 16.8. The van der Waals surface area contributed by atoms with Crippen molar-refractivity contribution in [1.29, 1.82) is 0 Å². The standard InChI is InChI=1S/C21H34N4O2/c1-15(2)19(17-7-5-4-6-8-17)14-25-12-10-18(13-23-16(3)26)24-20(9-11-22)21(25)27/h4-8,15,18-20,24H,9-14,22H2,1-3H3,(H,23,26). The van der Waals surface area contributed by atoms with Gasteiger partial charge in [0.2, 0.25) is 11.8 Å². The predicted octanol–water partition coefficient (Wildman–Crippen LogP) is 1.47. The molecule has 1 aromatic carbocycles. The topological polar surface area (TPSA) is 87.5 Å². The van der Waals surface area contributed by atoms with Crippen LogP contribution in [0.15, 0.2) is 30.3 Å². The smallest absolute Gasteiger partial charge is 0.239 e. The van der Waals surface area contributed by atoms with Crippen molar-refractivity contribution in [3.05, 3.63) is 35.9 Å². The molecule has 2 amide bonds. The third-order valence-corrected chi connectivity index (χ3v) is 5.30. The van der Waals surface area contributed by atoms with E-state index in [9.17, 15) is 9.59 Å². The van der Waals surface area contributed by atoms with E-state index in [1.165, 1.54) is 12.5 Å². The summed E-state index contributed by atoms with van der Waals surface area (Å²) in [7, 11) is 0. The molecule has 0 bridgehead atoms. The normalized spacial score (nSPS) is 21.8. The van der Waals surface area contributed by atoms with Gasteiger partial charge in [-0.05, 0) is 30.9 Å². The minimum atomic E-state index is -0.292. The van der Waals surface area contributed by atoms with Gasteiger partial charge in [0.25, 0.3) is 0 Å². The monoisotopic (exact) mass is 374 g/mol. The van der Waals surface area contributed by atoms with Crippen LogP contribution in [0.25, 0.3) is 0 Å². The number of hydrogen-bond donors (Lipinski definition) is 3. The second-order valence-corrected chi connectivity index (χ2v) is 7.76. The highest BCUT2D eigenvalue weighted by molar-refractivity contribution is 5.82. The Morgan fingerprint density at radius 3 is 2.63 bits per heavy atom. The molecule has 1 fully saturated rings. The Morgan fingerprint density at radius 1 is 1.33 bits per heavy atom. The molecule has 1 aliphatic heterocycles. The van der Waals surface area contributed by atoms with Crippen LogP contribution in [-0.2, 0) is 9.59 Å². The van der Waals surface area contributed by atoms with Crippen LogP contribution in [-0.4, -0.2) is 55.0 Å². The summed E-state index contributed by atoms with van der Waals surface area (Å²) in [6.45, 7) is 8.30. The lowest BCUT2D eigenvalue weighted by atomic mass is 9.87. The van der Waals surface area contributed by atoms with E-state index in [4.69, 9.17) is 5.73 Å². The van der Waals surface area contributed by atoms with Crippen molar-refractivity contribution in [1.82, 2.24) is 15.5 Å². The zero-order valence-electron chi connectivity index (χ0n) is 16.8. The van der Waals surface area contributed by atoms with Crippen molar-refractivity contribution in [2.75, 3.05) is 26.2 Å². The van der Waals surface area contributed by atoms with E-state index >= 15 is 0 Å². The Hall–Kier alpha value is -1.92. The fraction of sp³-hybridized carbons (Fsp3) is 0.619. The average molecular weight is 375 g/mol.